The maximum absolute atomic E-state index is 11.9. The van der Waals surface area contributed by atoms with E-state index in [9.17, 15) is 14.7 Å². The lowest BCUT2D eigenvalue weighted by Gasteiger charge is -2.21. The zero-order valence-electron chi connectivity index (χ0n) is 16.5. The van der Waals surface area contributed by atoms with Crippen molar-refractivity contribution in [1.29, 1.82) is 0 Å². The average molecular weight is 367 g/mol. The molecule has 3 N–H and O–H groups in total. The number of ether oxygens (including phenoxy) is 2. The number of carbonyl (C=O) groups excluding carboxylic acids is 2. The highest BCUT2D eigenvalue weighted by Crippen LogP contribution is 2.19. The minimum Gasteiger partial charge on any atom is -0.444 e. The van der Waals surface area contributed by atoms with Gasteiger partial charge in [0.25, 0.3) is 0 Å². The fourth-order valence-electron chi connectivity index (χ4n) is 2.08. The van der Waals surface area contributed by atoms with Gasteiger partial charge in [-0.1, -0.05) is 0 Å². The topological polar surface area (TPSA) is 110 Å². The van der Waals surface area contributed by atoms with Crippen LogP contribution in [0.25, 0.3) is 0 Å². The standard InChI is InChI=1S/C18H29N3O5/c1-11-8-14(21-16(24)26-18(5,6)7)20-13(10-22)12(11)9-19-15(23)25-17(2,3)4/h8,22H,9-10H2,1-7H3,(H,19,23)(H,20,21,24). The van der Waals surface area contributed by atoms with E-state index in [4.69, 9.17) is 9.47 Å². The van der Waals surface area contributed by atoms with Gasteiger partial charge in [0, 0.05) is 6.54 Å². The molecule has 1 aromatic heterocycles. The highest BCUT2D eigenvalue weighted by molar-refractivity contribution is 5.83. The Labute approximate surface area is 154 Å². The molecular weight excluding hydrogens is 338 g/mol. The number of aliphatic hydroxyl groups excluding tert-OH is 1. The highest BCUT2D eigenvalue weighted by Gasteiger charge is 2.19. The Morgan fingerprint density at radius 3 is 2.12 bits per heavy atom. The molecule has 1 aromatic rings. The molecule has 0 spiro atoms. The number of alkyl carbamates (subject to hydrolysis) is 1. The van der Waals surface area contributed by atoms with E-state index < -0.39 is 23.4 Å². The Bertz CT molecular complexity index is 660. The van der Waals surface area contributed by atoms with Crippen LogP contribution in [-0.2, 0) is 22.6 Å². The first-order valence-electron chi connectivity index (χ1n) is 8.38. The molecule has 1 heterocycles. The molecule has 0 aromatic carbocycles. The Kier molecular flexibility index (Phi) is 6.97. The summed E-state index contributed by atoms with van der Waals surface area (Å²) >= 11 is 0. The van der Waals surface area contributed by atoms with Crippen LogP contribution >= 0.6 is 0 Å². The Morgan fingerprint density at radius 1 is 1.08 bits per heavy atom. The highest BCUT2D eigenvalue weighted by atomic mass is 16.6. The van der Waals surface area contributed by atoms with Crippen LogP contribution in [0.5, 0.6) is 0 Å². The molecule has 0 fully saturated rings. The van der Waals surface area contributed by atoms with Crippen molar-refractivity contribution >= 4 is 18.0 Å². The molecule has 0 radical (unpaired) electrons. The third-order valence-electron chi connectivity index (χ3n) is 3.02. The number of hydrogen-bond acceptors (Lipinski definition) is 6. The first-order valence-corrected chi connectivity index (χ1v) is 8.38. The minimum absolute atomic E-state index is 0.149. The molecule has 2 amide bonds. The molecular formula is C18H29N3O5. The third-order valence-corrected chi connectivity index (χ3v) is 3.02. The lowest BCUT2D eigenvalue weighted by Crippen LogP contribution is -2.32. The predicted molar refractivity (Wildman–Crippen MR) is 97.8 cm³/mol. The van der Waals surface area contributed by atoms with Crippen molar-refractivity contribution in [2.45, 2.75) is 72.8 Å². The van der Waals surface area contributed by atoms with Crippen molar-refractivity contribution in [3.05, 3.63) is 22.9 Å². The number of hydrogen-bond donors (Lipinski definition) is 3. The van der Waals surface area contributed by atoms with Gasteiger partial charge >= 0.3 is 12.2 Å². The van der Waals surface area contributed by atoms with Gasteiger partial charge in [-0.3, -0.25) is 5.32 Å². The number of carbonyl (C=O) groups is 2. The summed E-state index contributed by atoms with van der Waals surface area (Å²) in [6.07, 6.45) is -1.19. The van der Waals surface area contributed by atoms with Crippen molar-refractivity contribution in [2.75, 3.05) is 5.32 Å². The minimum atomic E-state index is -0.632. The number of nitrogens with one attached hydrogen (secondary N) is 2. The smallest absolute Gasteiger partial charge is 0.413 e. The van der Waals surface area contributed by atoms with Gasteiger partial charge in [-0.15, -0.1) is 0 Å². The van der Waals surface area contributed by atoms with Crippen LogP contribution in [0, 0.1) is 6.92 Å². The molecule has 1 rings (SSSR count). The number of rotatable bonds is 4. The molecule has 8 nitrogen and oxygen atoms in total. The number of nitrogens with zero attached hydrogens (tertiary/aromatic N) is 1. The summed E-state index contributed by atoms with van der Waals surface area (Å²) in [7, 11) is 0. The second kappa shape index (κ2) is 8.35. The molecule has 0 unspecified atom stereocenters. The summed E-state index contributed by atoms with van der Waals surface area (Å²) in [6.45, 7) is 12.2. The maximum atomic E-state index is 11.9. The van der Waals surface area contributed by atoms with Gasteiger partial charge in [0.2, 0.25) is 0 Å². The third kappa shape index (κ3) is 7.69. The van der Waals surface area contributed by atoms with E-state index in [1.54, 1.807) is 54.5 Å². The lowest BCUT2D eigenvalue weighted by atomic mass is 10.1. The Morgan fingerprint density at radius 2 is 1.62 bits per heavy atom. The van der Waals surface area contributed by atoms with Gasteiger partial charge in [-0.25, -0.2) is 14.6 Å². The number of amides is 2. The van der Waals surface area contributed by atoms with Crippen LogP contribution in [0.1, 0.15) is 58.4 Å². The van der Waals surface area contributed by atoms with E-state index in [0.29, 0.717) is 11.3 Å². The van der Waals surface area contributed by atoms with Gasteiger partial charge in [0.15, 0.2) is 0 Å². The zero-order chi connectivity index (χ0) is 20.1. The lowest BCUT2D eigenvalue weighted by molar-refractivity contribution is 0.0522. The van der Waals surface area contributed by atoms with Crippen LogP contribution < -0.4 is 10.6 Å². The van der Waals surface area contributed by atoms with Crippen molar-refractivity contribution < 1.29 is 24.2 Å². The fourth-order valence-corrected chi connectivity index (χ4v) is 2.08. The predicted octanol–water partition coefficient (Wildman–Crippen LogP) is 3.25. The quantitative estimate of drug-likeness (QED) is 0.753. The maximum Gasteiger partial charge on any atom is 0.413 e. The first-order chi connectivity index (χ1) is 11.8. The normalized spacial score (nSPS) is 11.7. The molecule has 0 aliphatic heterocycles. The molecule has 0 aliphatic carbocycles. The van der Waals surface area contributed by atoms with E-state index in [0.717, 1.165) is 5.56 Å². The summed E-state index contributed by atoms with van der Waals surface area (Å²) < 4.78 is 10.4. The van der Waals surface area contributed by atoms with Crippen LogP contribution in [0.15, 0.2) is 6.07 Å². The fraction of sp³-hybridized carbons (Fsp3) is 0.611. The van der Waals surface area contributed by atoms with Crippen LogP contribution in [0.2, 0.25) is 0 Å². The SMILES string of the molecule is Cc1cc(NC(=O)OC(C)(C)C)nc(CO)c1CNC(=O)OC(C)(C)C. The monoisotopic (exact) mass is 367 g/mol. The largest absolute Gasteiger partial charge is 0.444 e. The van der Waals surface area contributed by atoms with Gasteiger partial charge in [-0.05, 0) is 65.7 Å². The number of aryl methyl sites for hydroxylation is 1. The molecule has 0 saturated heterocycles. The van der Waals surface area contributed by atoms with Gasteiger partial charge < -0.3 is 19.9 Å². The molecule has 0 bridgehead atoms. The van der Waals surface area contributed by atoms with E-state index in [-0.39, 0.29) is 19.0 Å². The average Bonchev–Trinajstić information content (AvgIpc) is 2.41. The van der Waals surface area contributed by atoms with Crippen LogP contribution in [0.4, 0.5) is 15.4 Å². The van der Waals surface area contributed by atoms with Gasteiger partial charge in [-0.2, -0.15) is 0 Å². The van der Waals surface area contributed by atoms with E-state index >= 15 is 0 Å². The summed E-state index contributed by atoms with van der Waals surface area (Å²) in [5.41, 5.74) is 0.542. The van der Waals surface area contributed by atoms with Gasteiger partial charge in [0.1, 0.15) is 17.0 Å². The molecule has 8 heteroatoms. The van der Waals surface area contributed by atoms with Crippen LogP contribution in [0.3, 0.4) is 0 Å². The Hall–Kier alpha value is -2.35. The summed E-state index contributed by atoms with van der Waals surface area (Å²) in [5.74, 6) is 0.266. The summed E-state index contributed by atoms with van der Waals surface area (Å²) in [4.78, 5) is 27.9. The van der Waals surface area contributed by atoms with Gasteiger partial charge in [0.05, 0.1) is 12.3 Å². The van der Waals surface area contributed by atoms with E-state index in [2.05, 4.69) is 15.6 Å². The number of pyridine rings is 1. The van der Waals surface area contributed by atoms with Crippen molar-refractivity contribution in [3.8, 4) is 0 Å². The Balaban J connectivity index is 2.86. The van der Waals surface area contributed by atoms with Crippen molar-refractivity contribution in [2.24, 2.45) is 0 Å². The molecule has 0 aliphatic rings. The first kappa shape index (κ1) is 21.7. The summed E-state index contributed by atoms with van der Waals surface area (Å²) in [6, 6.07) is 1.65. The number of anilines is 1. The second-order valence-corrected chi connectivity index (χ2v) is 7.89. The molecule has 0 atom stereocenters. The van der Waals surface area contributed by atoms with E-state index in [1.807, 2.05) is 0 Å². The number of aromatic nitrogens is 1. The van der Waals surface area contributed by atoms with Crippen LogP contribution in [-0.4, -0.2) is 33.5 Å². The second-order valence-electron chi connectivity index (χ2n) is 7.89. The number of aliphatic hydroxyl groups is 1. The summed E-state index contributed by atoms with van der Waals surface area (Å²) in [5, 5.41) is 14.8. The molecule has 26 heavy (non-hydrogen) atoms. The molecule has 146 valence electrons. The van der Waals surface area contributed by atoms with Crippen molar-refractivity contribution in [1.82, 2.24) is 10.3 Å². The zero-order valence-corrected chi connectivity index (χ0v) is 16.5. The van der Waals surface area contributed by atoms with E-state index in [1.165, 1.54) is 0 Å². The molecule has 0 saturated carbocycles. The van der Waals surface area contributed by atoms with Crippen molar-refractivity contribution in [3.63, 3.8) is 0 Å².